The fraction of sp³-hybridized carbons (Fsp3) is 0.524. The Morgan fingerprint density at radius 2 is 1.88 bits per heavy atom. The van der Waals surface area contributed by atoms with Gasteiger partial charge in [-0.25, -0.2) is 9.67 Å². The first-order chi connectivity index (χ1) is 12.5. The van der Waals surface area contributed by atoms with E-state index in [1.165, 1.54) is 16.5 Å². The van der Waals surface area contributed by atoms with Gasteiger partial charge in [-0.05, 0) is 32.8 Å². The normalized spacial score (nSPS) is 12.0. The number of hydrogen-bond acceptors (Lipinski definition) is 3. The second-order valence-corrected chi connectivity index (χ2v) is 7.50. The van der Waals surface area contributed by atoms with Gasteiger partial charge >= 0.3 is 0 Å². The van der Waals surface area contributed by atoms with E-state index in [0.29, 0.717) is 5.92 Å². The van der Waals surface area contributed by atoms with Gasteiger partial charge in [0.25, 0.3) is 0 Å². The van der Waals surface area contributed by atoms with Gasteiger partial charge in [0.05, 0.1) is 48.5 Å². The molecule has 5 heteroatoms. The largest absolute Gasteiger partial charge is 0.378 e. The second kappa shape index (κ2) is 8.04. The van der Waals surface area contributed by atoms with Crippen LogP contribution < -0.4 is 10.2 Å². The van der Waals surface area contributed by atoms with Crippen molar-refractivity contribution in [2.24, 2.45) is 5.92 Å². The first-order valence-electron chi connectivity index (χ1n) is 9.88. The van der Waals surface area contributed by atoms with Crippen LogP contribution in [0.3, 0.4) is 0 Å². The number of aryl methyl sites for hydroxylation is 1. The molecule has 0 bridgehead atoms. The Morgan fingerprint density at radius 1 is 1.15 bits per heavy atom. The molecule has 0 spiro atoms. The van der Waals surface area contributed by atoms with Gasteiger partial charge in [0.1, 0.15) is 0 Å². The molecular formula is C21H32N5+. The molecule has 0 fully saturated rings. The Bertz CT molecular complexity index is 877. The summed E-state index contributed by atoms with van der Waals surface area (Å²) < 4.78 is 2.07. The lowest BCUT2D eigenvalue weighted by molar-refractivity contribution is -0.894. The summed E-state index contributed by atoms with van der Waals surface area (Å²) in [5.41, 5.74) is 4.26. The van der Waals surface area contributed by atoms with Gasteiger partial charge in [0, 0.05) is 11.9 Å². The van der Waals surface area contributed by atoms with Crippen LogP contribution >= 0.6 is 0 Å². The average molecular weight is 355 g/mol. The highest BCUT2D eigenvalue weighted by molar-refractivity contribution is 6.07. The number of aromatic nitrogens is 3. The summed E-state index contributed by atoms with van der Waals surface area (Å²) >= 11 is 0. The predicted molar refractivity (Wildman–Crippen MR) is 110 cm³/mol. The molecule has 0 saturated carbocycles. The van der Waals surface area contributed by atoms with Crippen molar-refractivity contribution >= 4 is 27.6 Å². The number of para-hydroxylation sites is 1. The summed E-state index contributed by atoms with van der Waals surface area (Å²) in [5.74, 6) is 0.536. The van der Waals surface area contributed by atoms with Crippen molar-refractivity contribution in [1.29, 1.82) is 0 Å². The van der Waals surface area contributed by atoms with Crippen LogP contribution in [-0.4, -0.2) is 40.9 Å². The molecule has 140 valence electrons. The number of fused-ring (bicyclic) bond motifs is 2. The number of benzene rings is 1. The molecule has 1 aromatic carbocycles. The van der Waals surface area contributed by atoms with Crippen LogP contribution in [0.15, 0.2) is 24.3 Å². The quantitative estimate of drug-likeness (QED) is 0.654. The highest BCUT2D eigenvalue weighted by Gasteiger charge is 2.17. The third-order valence-electron chi connectivity index (χ3n) is 5.07. The Labute approximate surface area is 156 Å². The lowest BCUT2D eigenvalue weighted by atomic mass is 10.1. The molecule has 0 radical (unpaired) electrons. The van der Waals surface area contributed by atoms with Crippen molar-refractivity contribution in [2.75, 3.05) is 31.5 Å². The van der Waals surface area contributed by atoms with Gasteiger partial charge < -0.3 is 10.2 Å². The summed E-state index contributed by atoms with van der Waals surface area (Å²) in [6.45, 7) is 16.3. The van der Waals surface area contributed by atoms with Crippen molar-refractivity contribution < 1.29 is 4.90 Å². The van der Waals surface area contributed by atoms with Crippen LogP contribution in [0.4, 0.5) is 5.69 Å². The molecule has 0 saturated heterocycles. The van der Waals surface area contributed by atoms with Crippen LogP contribution in [0.2, 0.25) is 0 Å². The lowest BCUT2D eigenvalue weighted by Gasteiger charge is -2.17. The highest BCUT2D eigenvalue weighted by Crippen LogP contribution is 2.32. The van der Waals surface area contributed by atoms with Gasteiger partial charge in [-0.15, -0.1) is 0 Å². The maximum atomic E-state index is 4.94. The van der Waals surface area contributed by atoms with Gasteiger partial charge in [-0.3, -0.25) is 0 Å². The molecule has 2 heterocycles. The zero-order valence-corrected chi connectivity index (χ0v) is 16.8. The lowest BCUT2D eigenvalue weighted by Crippen LogP contribution is -3.12. The molecular weight excluding hydrogens is 322 g/mol. The Morgan fingerprint density at radius 3 is 2.58 bits per heavy atom. The van der Waals surface area contributed by atoms with E-state index >= 15 is 0 Å². The third kappa shape index (κ3) is 3.68. The van der Waals surface area contributed by atoms with E-state index in [4.69, 9.17) is 10.1 Å². The molecule has 3 rings (SSSR count). The van der Waals surface area contributed by atoms with Gasteiger partial charge in [0.15, 0.2) is 5.65 Å². The molecule has 26 heavy (non-hydrogen) atoms. The maximum absolute atomic E-state index is 4.94. The van der Waals surface area contributed by atoms with Crippen LogP contribution in [0.5, 0.6) is 0 Å². The monoisotopic (exact) mass is 354 g/mol. The minimum atomic E-state index is 0.536. The fourth-order valence-electron chi connectivity index (χ4n) is 3.63. The average Bonchev–Trinajstić information content (AvgIpc) is 2.93. The summed E-state index contributed by atoms with van der Waals surface area (Å²) in [5, 5.41) is 10.9. The van der Waals surface area contributed by atoms with Gasteiger partial charge in [-0.1, -0.05) is 32.0 Å². The zero-order valence-electron chi connectivity index (χ0n) is 16.8. The van der Waals surface area contributed by atoms with Gasteiger partial charge in [0.2, 0.25) is 0 Å². The minimum absolute atomic E-state index is 0.536. The SMILES string of the molecule is CC[NH+](CC)CCNc1c2ccccc2nc2c1c(C)nn2CC(C)C. The molecule has 2 N–H and O–H groups in total. The fourth-order valence-corrected chi connectivity index (χ4v) is 3.63. The number of likely N-dealkylation sites (N-methyl/N-ethyl adjacent to an activating group) is 1. The molecule has 0 aliphatic heterocycles. The molecule has 0 atom stereocenters. The molecule has 0 amide bonds. The predicted octanol–water partition coefficient (Wildman–Crippen LogP) is 2.89. The Balaban J connectivity index is 2.06. The second-order valence-electron chi connectivity index (χ2n) is 7.50. The smallest absolute Gasteiger partial charge is 0.160 e. The summed E-state index contributed by atoms with van der Waals surface area (Å²) in [7, 11) is 0. The highest BCUT2D eigenvalue weighted by atomic mass is 15.3. The van der Waals surface area contributed by atoms with E-state index in [9.17, 15) is 0 Å². The summed E-state index contributed by atoms with van der Waals surface area (Å²) in [6, 6.07) is 8.40. The van der Waals surface area contributed by atoms with E-state index in [2.05, 4.69) is 68.9 Å². The number of hydrogen-bond donors (Lipinski definition) is 2. The number of nitrogens with zero attached hydrogens (tertiary/aromatic N) is 3. The van der Waals surface area contributed by atoms with Crippen LogP contribution in [-0.2, 0) is 6.54 Å². The van der Waals surface area contributed by atoms with Gasteiger partial charge in [-0.2, -0.15) is 5.10 Å². The summed E-state index contributed by atoms with van der Waals surface area (Å²) in [6.07, 6.45) is 0. The van der Waals surface area contributed by atoms with Crippen molar-refractivity contribution in [1.82, 2.24) is 14.8 Å². The number of pyridine rings is 1. The van der Waals surface area contributed by atoms with Crippen LogP contribution in [0.1, 0.15) is 33.4 Å². The Kier molecular flexibility index (Phi) is 5.77. The zero-order chi connectivity index (χ0) is 18.7. The molecule has 5 nitrogen and oxygen atoms in total. The van der Waals surface area contributed by atoms with Crippen molar-refractivity contribution in [3.8, 4) is 0 Å². The van der Waals surface area contributed by atoms with E-state index in [1.54, 1.807) is 4.90 Å². The maximum Gasteiger partial charge on any atom is 0.160 e. The number of rotatable bonds is 8. The van der Waals surface area contributed by atoms with Crippen molar-refractivity contribution in [3.05, 3.63) is 30.0 Å². The van der Waals surface area contributed by atoms with E-state index in [1.807, 2.05) is 0 Å². The van der Waals surface area contributed by atoms with Crippen LogP contribution in [0, 0.1) is 12.8 Å². The van der Waals surface area contributed by atoms with E-state index in [-0.39, 0.29) is 0 Å². The molecule has 0 unspecified atom stereocenters. The number of nitrogens with one attached hydrogen (secondary N) is 2. The molecule has 3 aromatic rings. The summed E-state index contributed by atoms with van der Waals surface area (Å²) in [4.78, 5) is 6.55. The van der Waals surface area contributed by atoms with Crippen molar-refractivity contribution in [2.45, 2.75) is 41.2 Å². The number of quaternary nitrogens is 1. The Hall–Kier alpha value is -2.14. The standard InChI is InChI=1S/C21H31N5/c1-6-25(7-2)13-12-22-20-17-10-8-9-11-18(17)23-21-19(20)16(5)24-26(21)14-15(3)4/h8-11,15H,6-7,12-14H2,1-5H3,(H,22,23)/p+1. The van der Waals surface area contributed by atoms with Crippen LogP contribution in [0.25, 0.3) is 21.9 Å². The topological polar surface area (TPSA) is 47.2 Å². The molecule has 0 aliphatic carbocycles. The minimum Gasteiger partial charge on any atom is -0.378 e. The molecule has 2 aromatic heterocycles. The first-order valence-corrected chi connectivity index (χ1v) is 9.88. The van der Waals surface area contributed by atoms with Crippen molar-refractivity contribution in [3.63, 3.8) is 0 Å². The third-order valence-corrected chi connectivity index (χ3v) is 5.07. The van der Waals surface area contributed by atoms with E-state index < -0.39 is 0 Å². The molecule has 0 aliphatic rings. The number of anilines is 1. The van der Waals surface area contributed by atoms with E-state index in [0.717, 1.165) is 49.6 Å². The first kappa shape index (κ1) is 18.6.